The van der Waals surface area contributed by atoms with Crippen LogP contribution < -0.4 is 14.9 Å². The van der Waals surface area contributed by atoms with Crippen molar-refractivity contribution >= 4 is 12.2 Å². The normalized spacial score (nSPS) is 10.9. The minimum absolute atomic E-state index is 0.106. The van der Waals surface area contributed by atoms with Crippen molar-refractivity contribution in [3.63, 3.8) is 0 Å². The molecule has 0 saturated carbocycles. The molecule has 2 N–H and O–H groups in total. The lowest BCUT2D eigenvalue weighted by atomic mass is 10.2. The summed E-state index contributed by atoms with van der Waals surface area (Å²) in [6.07, 6.45) is 1.98. The molecule has 0 aliphatic carbocycles. The Morgan fingerprint density at radius 3 is 2.75 bits per heavy atom. The zero-order valence-electron chi connectivity index (χ0n) is 14.8. The Hall–Kier alpha value is -2.02. The molecule has 1 aromatic carbocycles. The van der Waals surface area contributed by atoms with Gasteiger partial charge in [0, 0.05) is 6.42 Å². The quantitative estimate of drug-likeness (QED) is 0.673. The van der Waals surface area contributed by atoms with Gasteiger partial charge >= 0.3 is 0 Å². The molecule has 6 nitrogen and oxygen atoms in total. The van der Waals surface area contributed by atoms with Gasteiger partial charge in [0.2, 0.25) is 4.77 Å². The first-order chi connectivity index (χ1) is 11.5. The number of ether oxygens (including phenoxy) is 2. The van der Waals surface area contributed by atoms with Gasteiger partial charge in [-0.15, -0.1) is 0 Å². The summed E-state index contributed by atoms with van der Waals surface area (Å²) < 4.78 is 13.9. The minimum Gasteiger partial charge on any atom is -0.490 e. The third-order valence-electron chi connectivity index (χ3n) is 3.33. The van der Waals surface area contributed by atoms with E-state index in [0.29, 0.717) is 17.9 Å². The van der Waals surface area contributed by atoms with E-state index >= 15 is 0 Å². The summed E-state index contributed by atoms with van der Waals surface area (Å²) in [5.74, 6) is 2.43. The maximum absolute atomic E-state index is 5.79. The van der Waals surface area contributed by atoms with Crippen LogP contribution in [0.3, 0.4) is 0 Å². The van der Waals surface area contributed by atoms with E-state index in [0.717, 1.165) is 35.7 Å². The Labute approximate surface area is 148 Å². The van der Waals surface area contributed by atoms with Gasteiger partial charge in [-0.05, 0) is 57.1 Å². The fourth-order valence-corrected chi connectivity index (χ4v) is 2.55. The molecule has 2 aromatic rings. The number of H-pyrrole nitrogens is 1. The second kappa shape index (κ2) is 8.73. The number of hydrogen-bond donors (Lipinski definition) is 2. The van der Waals surface area contributed by atoms with Crippen molar-refractivity contribution in [1.29, 1.82) is 0 Å². The SMILES string of the molecule is CCCc1n[nH]c(=S)n1NCc1ccc(OC(C)C)c(OCC)c1. The van der Waals surface area contributed by atoms with E-state index in [2.05, 4.69) is 22.5 Å². The lowest BCUT2D eigenvalue weighted by Crippen LogP contribution is -2.17. The van der Waals surface area contributed by atoms with Crippen molar-refractivity contribution in [2.24, 2.45) is 0 Å². The standard InChI is InChI=1S/C17H26N4O2S/c1-5-7-16-19-20-17(24)21(16)18-11-13-8-9-14(23-12(3)4)15(10-13)22-6-2/h8-10,12,18H,5-7,11H2,1-4H3,(H,20,24). The number of benzene rings is 1. The molecule has 0 atom stereocenters. The molecule has 1 aromatic heterocycles. The average Bonchev–Trinajstić information content (AvgIpc) is 2.88. The first-order valence-corrected chi connectivity index (χ1v) is 8.78. The summed E-state index contributed by atoms with van der Waals surface area (Å²) in [6.45, 7) is 9.29. The Morgan fingerprint density at radius 2 is 2.08 bits per heavy atom. The molecule has 0 aliphatic rings. The maximum atomic E-state index is 5.79. The van der Waals surface area contributed by atoms with Crippen molar-refractivity contribution in [2.45, 2.75) is 53.2 Å². The molecule has 0 amide bonds. The predicted octanol–water partition coefficient (Wildman–Crippen LogP) is 3.82. The van der Waals surface area contributed by atoms with Crippen molar-refractivity contribution in [3.05, 3.63) is 34.4 Å². The van der Waals surface area contributed by atoms with E-state index in [-0.39, 0.29) is 6.10 Å². The Bertz CT molecular complexity index is 709. The highest BCUT2D eigenvalue weighted by atomic mass is 32.1. The molecule has 0 radical (unpaired) electrons. The minimum atomic E-state index is 0.106. The van der Waals surface area contributed by atoms with E-state index in [1.807, 2.05) is 43.6 Å². The van der Waals surface area contributed by atoms with Gasteiger partial charge in [-0.25, -0.2) is 4.68 Å². The fourth-order valence-electron chi connectivity index (χ4n) is 2.34. The number of hydrogen-bond acceptors (Lipinski definition) is 5. The number of aromatic nitrogens is 3. The number of nitrogens with one attached hydrogen (secondary N) is 2. The zero-order valence-corrected chi connectivity index (χ0v) is 15.6. The van der Waals surface area contributed by atoms with Crippen molar-refractivity contribution in [1.82, 2.24) is 14.9 Å². The first-order valence-electron chi connectivity index (χ1n) is 8.37. The van der Waals surface area contributed by atoms with Crippen LogP contribution in [0.2, 0.25) is 0 Å². The van der Waals surface area contributed by atoms with Gasteiger partial charge in [0.05, 0.1) is 19.3 Å². The largest absolute Gasteiger partial charge is 0.490 e. The Kier molecular flexibility index (Phi) is 6.66. The van der Waals surface area contributed by atoms with Crippen LogP contribution in [0.4, 0.5) is 0 Å². The number of aromatic amines is 1. The zero-order chi connectivity index (χ0) is 17.5. The molecular weight excluding hydrogens is 324 g/mol. The molecular formula is C17H26N4O2S. The summed E-state index contributed by atoms with van der Waals surface area (Å²) in [7, 11) is 0. The third-order valence-corrected chi connectivity index (χ3v) is 3.60. The highest BCUT2D eigenvalue weighted by molar-refractivity contribution is 7.71. The summed E-state index contributed by atoms with van der Waals surface area (Å²) in [5, 5.41) is 7.08. The van der Waals surface area contributed by atoms with Crippen LogP contribution in [0, 0.1) is 4.77 Å². The predicted molar refractivity (Wildman–Crippen MR) is 97.8 cm³/mol. The summed E-state index contributed by atoms with van der Waals surface area (Å²) in [4.78, 5) is 0. The molecule has 7 heteroatoms. The first kappa shape index (κ1) is 18.3. The summed E-state index contributed by atoms with van der Waals surface area (Å²) in [5.41, 5.74) is 4.40. The molecule has 0 bridgehead atoms. The smallest absolute Gasteiger partial charge is 0.214 e. The molecule has 2 rings (SSSR count). The number of rotatable bonds is 9. The van der Waals surface area contributed by atoms with Crippen LogP contribution in [-0.4, -0.2) is 27.6 Å². The molecule has 0 saturated heterocycles. The maximum Gasteiger partial charge on any atom is 0.214 e. The van der Waals surface area contributed by atoms with Gasteiger partial charge in [-0.2, -0.15) is 5.10 Å². The van der Waals surface area contributed by atoms with Gasteiger partial charge in [0.25, 0.3) is 0 Å². The van der Waals surface area contributed by atoms with E-state index in [4.69, 9.17) is 21.7 Å². The molecule has 0 unspecified atom stereocenters. The van der Waals surface area contributed by atoms with Gasteiger partial charge in [0.15, 0.2) is 17.3 Å². The molecule has 1 heterocycles. The molecule has 24 heavy (non-hydrogen) atoms. The topological polar surface area (TPSA) is 64.1 Å². The molecule has 0 aliphatic heterocycles. The van der Waals surface area contributed by atoms with E-state index in [9.17, 15) is 0 Å². The lowest BCUT2D eigenvalue weighted by Gasteiger charge is -2.16. The molecule has 132 valence electrons. The average molecular weight is 350 g/mol. The van der Waals surface area contributed by atoms with Crippen molar-refractivity contribution in [2.75, 3.05) is 12.0 Å². The molecule has 0 spiro atoms. The van der Waals surface area contributed by atoms with E-state index in [1.165, 1.54) is 0 Å². The van der Waals surface area contributed by atoms with Crippen LogP contribution in [-0.2, 0) is 13.0 Å². The van der Waals surface area contributed by atoms with Gasteiger partial charge in [0.1, 0.15) is 0 Å². The summed E-state index contributed by atoms with van der Waals surface area (Å²) in [6, 6.07) is 5.97. The van der Waals surface area contributed by atoms with Gasteiger partial charge < -0.3 is 14.9 Å². The highest BCUT2D eigenvalue weighted by Gasteiger charge is 2.09. The van der Waals surface area contributed by atoms with E-state index in [1.54, 1.807) is 0 Å². The third kappa shape index (κ3) is 4.74. The second-order valence-electron chi connectivity index (χ2n) is 5.75. The monoisotopic (exact) mass is 350 g/mol. The second-order valence-corrected chi connectivity index (χ2v) is 6.13. The van der Waals surface area contributed by atoms with Crippen LogP contribution in [0.15, 0.2) is 18.2 Å². The van der Waals surface area contributed by atoms with Crippen LogP contribution >= 0.6 is 12.2 Å². The Balaban J connectivity index is 2.14. The van der Waals surface area contributed by atoms with Crippen LogP contribution in [0.5, 0.6) is 11.5 Å². The van der Waals surface area contributed by atoms with E-state index < -0.39 is 0 Å². The number of aryl methyl sites for hydroxylation is 1. The van der Waals surface area contributed by atoms with Gasteiger partial charge in [-0.3, -0.25) is 5.10 Å². The van der Waals surface area contributed by atoms with Crippen LogP contribution in [0.1, 0.15) is 45.5 Å². The summed E-state index contributed by atoms with van der Waals surface area (Å²) >= 11 is 5.28. The van der Waals surface area contributed by atoms with Crippen LogP contribution in [0.25, 0.3) is 0 Å². The highest BCUT2D eigenvalue weighted by Crippen LogP contribution is 2.29. The Morgan fingerprint density at radius 1 is 1.29 bits per heavy atom. The fraction of sp³-hybridized carbons (Fsp3) is 0.529. The van der Waals surface area contributed by atoms with Crippen molar-refractivity contribution in [3.8, 4) is 11.5 Å². The van der Waals surface area contributed by atoms with Crippen molar-refractivity contribution < 1.29 is 9.47 Å². The lowest BCUT2D eigenvalue weighted by molar-refractivity contribution is 0.223. The molecule has 0 fully saturated rings. The van der Waals surface area contributed by atoms with Gasteiger partial charge in [-0.1, -0.05) is 13.0 Å². The number of nitrogens with zero attached hydrogens (tertiary/aromatic N) is 2.